The number of guanidine groups is 1. The number of fused-ring (bicyclic) bond motifs is 1. The fraction of sp³-hybridized carbons (Fsp3) is 0.462. The molecule has 5 atom stereocenters. The molecule has 0 saturated carbocycles. The van der Waals surface area contributed by atoms with Crippen molar-refractivity contribution in [1.29, 1.82) is 0 Å². The molecule has 2 aliphatic heterocycles. The Kier molecular flexibility index (Phi) is 12.9. The van der Waals surface area contributed by atoms with Gasteiger partial charge >= 0.3 is 0 Å². The van der Waals surface area contributed by atoms with Crippen molar-refractivity contribution >= 4 is 43.5 Å². The molecule has 4 aromatic rings. The van der Waals surface area contributed by atoms with Gasteiger partial charge in [0.1, 0.15) is 24.3 Å². The van der Waals surface area contributed by atoms with Crippen LogP contribution in [0.5, 0.6) is 0 Å². The van der Waals surface area contributed by atoms with Crippen LogP contribution in [-0.2, 0) is 23.4 Å². The van der Waals surface area contributed by atoms with Crippen LogP contribution in [0, 0.1) is 12.5 Å². The molecule has 0 bridgehead atoms. The Morgan fingerprint density at radius 3 is 2.49 bits per heavy atom. The van der Waals surface area contributed by atoms with Crippen LogP contribution in [0.3, 0.4) is 0 Å². The second-order valence-electron chi connectivity index (χ2n) is 14.4. The lowest BCUT2D eigenvalue weighted by atomic mass is 10.1. The van der Waals surface area contributed by atoms with E-state index in [2.05, 4.69) is 73.7 Å². The highest BCUT2D eigenvalue weighted by atomic mass is 31.2. The number of imidazole rings is 1. The Morgan fingerprint density at radius 2 is 1.82 bits per heavy atom. The molecule has 4 heterocycles. The van der Waals surface area contributed by atoms with Crippen molar-refractivity contribution in [2.45, 2.75) is 98.5 Å². The van der Waals surface area contributed by atoms with Crippen molar-refractivity contribution in [3.8, 4) is 22.9 Å². The van der Waals surface area contributed by atoms with Crippen LogP contribution < -0.4 is 21.3 Å². The number of benzene rings is 2. The maximum atomic E-state index is 13.1. The van der Waals surface area contributed by atoms with Crippen molar-refractivity contribution < 1.29 is 29.2 Å². The van der Waals surface area contributed by atoms with Crippen LogP contribution in [0.2, 0.25) is 0 Å². The summed E-state index contributed by atoms with van der Waals surface area (Å²) in [6.07, 6.45) is -0.588. The zero-order valence-corrected chi connectivity index (χ0v) is 34.0. The minimum absolute atomic E-state index is 0.0590. The van der Waals surface area contributed by atoms with Gasteiger partial charge in [-0.05, 0) is 64.9 Å². The molecule has 57 heavy (non-hydrogen) atoms. The molecule has 302 valence electrons. The molecule has 4 N–H and O–H groups in total. The van der Waals surface area contributed by atoms with E-state index in [1.54, 1.807) is 38.4 Å². The van der Waals surface area contributed by atoms with E-state index < -0.39 is 33.1 Å². The minimum atomic E-state index is -1.58. The van der Waals surface area contributed by atoms with Crippen molar-refractivity contribution in [3.05, 3.63) is 72.0 Å². The number of ether oxygens (including phenoxy) is 1. The molecule has 0 spiro atoms. The van der Waals surface area contributed by atoms with Gasteiger partial charge in [0, 0.05) is 43.8 Å². The Morgan fingerprint density at radius 1 is 1.09 bits per heavy atom. The lowest BCUT2D eigenvalue weighted by Gasteiger charge is -2.36. The van der Waals surface area contributed by atoms with Crippen LogP contribution in [-0.4, -0.2) is 79.6 Å². The highest BCUT2D eigenvalue weighted by Gasteiger charge is 2.41. The highest BCUT2D eigenvalue weighted by molar-refractivity contribution is 7.44. The SMILES string of the molecule is [2H]C[C@H]1O[C@@H](n2cnc3c2NC(Nc2cc(-c4nnc(-c5ccccc5)o4)ccc2NC(C)=O)=NC3NC(=O)C(C)C)CC1OP(OCC[N+]#[C-])N(C(C)C)C(C)C. The first-order valence-electron chi connectivity index (χ1n) is 19.5. The molecular weight excluding hydrogens is 749 g/mol. The van der Waals surface area contributed by atoms with Crippen molar-refractivity contribution in [2.24, 2.45) is 10.9 Å². The lowest BCUT2D eigenvalue weighted by Crippen LogP contribution is -2.37. The monoisotopic (exact) mass is 800 g/mol. The Hall–Kier alpha value is -5.24. The van der Waals surface area contributed by atoms with E-state index in [-0.39, 0.29) is 61.7 Å². The average Bonchev–Trinajstić information content (AvgIpc) is 3.94. The zero-order valence-electron chi connectivity index (χ0n) is 34.1. The number of nitrogens with zero attached hydrogens (tertiary/aromatic N) is 7. The van der Waals surface area contributed by atoms with Crippen molar-refractivity contribution in [3.63, 3.8) is 0 Å². The molecular formula is C39H50N11O6P. The minimum Gasteiger partial charge on any atom is -0.416 e. The normalized spacial score (nSPS) is 19.8. The molecule has 2 aromatic carbocycles. The number of anilines is 3. The third-order valence-electron chi connectivity index (χ3n) is 9.02. The summed E-state index contributed by atoms with van der Waals surface area (Å²) in [6.45, 7) is 20.9. The fourth-order valence-corrected chi connectivity index (χ4v) is 8.11. The van der Waals surface area contributed by atoms with E-state index in [1.165, 1.54) is 6.92 Å². The van der Waals surface area contributed by atoms with Gasteiger partial charge in [0.25, 0.3) is 8.53 Å². The summed E-state index contributed by atoms with van der Waals surface area (Å²) in [5.41, 5.74) is 2.72. The molecule has 17 nitrogen and oxygen atoms in total. The van der Waals surface area contributed by atoms with Gasteiger partial charge < -0.3 is 44.3 Å². The lowest BCUT2D eigenvalue weighted by molar-refractivity contribution is -0.124. The van der Waals surface area contributed by atoms with Gasteiger partial charge in [0.05, 0.1) is 29.9 Å². The number of aromatic nitrogens is 4. The summed E-state index contributed by atoms with van der Waals surface area (Å²) in [7, 11) is -1.58. The van der Waals surface area contributed by atoms with E-state index in [0.717, 1.165) is 5.56 Å². The molecule has 18 heteroatoms. The first-order valence-corrected chi connectivity index (χ1v) is 20.0. The number of amides is 2. The average molecular weight is 801 g/mol. The van der Waals surface area contributed by atoms with E-state index in [1.807, 2.05) is 34.9 Å². The van der Waals surface area contributed by atoms with Gasteiger partial charge in [0.2, 0.25) is 36.1 Å². The Labute approximate surface area is 335 Å². The van der Waals surface area contributed by atoms with Gasteiger partial charge in [-0.2, -0.15) is 0 Å². The number of aliphatic imine (C=N–C) groups is 1. The summed E-state index contributed by atoms with van der Waals surface area (Å²) in [4.78, 5) is 38.3. The molecule has 0 aliphatic carbocycles. The van der Waals surface area contributed by atoms with E-state index >= 15 is 0 Å². The van der Waals surface area contributed by atoms with Crippen LogP contribution in [0.4, 0.5) is 17.2 Å². The second kappa shape index (κ2) is 18.4. The highest BCUT2D eigenvalue weighted by Crippen LogP contribution is 2.50. The maximum Gasteiger partial charge on any atom is 0.259 e. The largest absolute Gasteiger partial charge is 0.416 e. The molecule has 2 aliphatic rings. The van der Waals surface area contributed by atoms with Crippen LogP contribution in [0.1, 0.15) is 81.2 Å². The number of nitrogens with one attached hydrogen (secondary N) is 4. The molecule has 2 amide bonds. The van der Waals surface area contributed by atoms with Crippen LogP contribution in [0.15, 0.2) is 64.3 Å². The smallest absolute Gasteiger partial charge is 0.259 e. The summed E-state index contributed by atoms with van der Waals surface area (Å²) < 4.78 is 37.7. The summed E-state index contributed by atoms with van der Waals surface area (Å²) in [5.74, 6) is 0.522. The third kappa shape index (κ3) is 9.84. The first-order chi connectivity index (χ1) is 27.9. The molecule has 0 radical (unpaired) electrons. The Balaban J connectivity index is 1.30. The zero-order chi connectivity index (χ0) is 41.5. The maximum absolute atomic E-state index is 13.1. The molecule has 6 rings (SSSR count). The molecule has 2 aromatic heterocycles. The van der Waals surface area contributed by atoms with Gasteiger partial charge in [-0.25, -0.2) is 21.2 Å². The first kappa shape index (κ1) is 40.0. The standard InChI is InChI=1S/C39H50N11O6P/c1-22(2)36(52)44-34-33-35(49(21-41-33)32-20-31(25(7)54-32)56-57(53-18-17-40-9)50(23(3)4)24(5)6)46-39(45-34)43-30-19-28(15-16-29(30)42-26(8)51)38-48-47-37(55-38)27-13-11-10-12-14-27/h10-16,19,21-25,31-32,34H,17-18,20H2,1-8H3,(H,42,51)(H,44,52)(H2,43,45,46)/t25-,31?,32-,34?,57?/m1/s1/i7D. The quantitative estimate of drug-likeness (QED) is 0.0539. The molecule has 1 saturated heterocycles. The van der Waals surface area contributed by atoms with E-state index in [0.29, 0.717) is 40.8 Å². The number of hydrogen-bond acceptors (Lipinski definition) is 13. The summed E-state index contributed by atoms with van der Waals surface area (Å²) in [5, 5.41) is 21.0. The number of rotatable bonds is 15. The van der Waals surface area contributed by atoms with Crippen molar-refractivity contribution in [2.75, 3.05) is 29.1 Å². The van der Waals surface area contributed by atoms with Gasteiger partial charge in [-0.3, -0.25) is 14.2 Å². The topological polar surface area (TPSA) is 187 Å². The number of carbonyl (C=O) groups excluding carboxylic acids is 2. The third-order valence-corrected chi connectivity index (χ3v) is 11.2. The summed E-state index contributed by atoms with van der Waals surface area (Å²) in [6, 6.07) is 14.9. The van der Waals surface area contributed by atoms with Crippen molar-refractivity contribution in [1.82, 2.24) is 29.7 Å². The second-order valence-corrected chi connectivity index (χ2v) is 15.8. The summed E-state index contributed by atoms with van der Waals surface area (Å²) >= 11 is 0. The number of hydrogen-bond donors (Lipinski definition) is 4. The van der Waals surface area contributed by atoms with E-state index in [9.17, 15) is 9.59 Å². The van der Waals surface area contributed by atoms with Gasteiger partial charge in [-0.15, -0.1) is 10.2 Å². The fourth-order valence-electron chi connectivity index (χ4n) is 6.36. The number of carbonyl (C=O) groups is 2. The predicted octanol–water partition coefficient (Wildman–Crippen LogP) is 7.20. The van der Waals surface area contributed by atoms with Gasteiger partial charge in [0.15, 0.2) is 6.17 Å². The van der Waals surface area contributed by atoms with E-state index in [4.69, 9.17) is 31.1 Å². The predicted molar refractivity (Wildman–Crippen MR) is 218 cm³/mol. The van der Waals surface area contributed by atoms with Gasteiger partial charge in [-0.1, -0.05) is 32.0 Å². The van der Waals surface area contributed by atoms with Crippen LogP contribution >= 0.6 is 8.53 Å². The Bertz CT molecular complexity index is 2110. The molecule has 3 unspecified atom stereocenters. The van der Waals surface area contributed by atoms with Crippen LogP contribution in [0.25, 0.3) is 27.8 Å². The molecule has 1 fully saturated rings.